The second-order valence-corrected chi connectivity index (χ2v) is 3.54. The highest BCUT2D eigenvalue weighted by Gasteiger charge is 2.47. The van der Waals surface area contributed by atoms with E-state index in [2.05, 4.69) is 0 Å². The van der Waals surface area contributed by atoms with Crippen molar-refractivity contribution in [3.63, 3.8) is 0 Å². The van der Waals surface area contributed by atoms with Crippen LogP contribution in [-0.4, -0.2) is 46.3 Å². The third-order valence-corrected chi connectivity index (χ3v) is 2.48. The Bertz CT molecular complexity index is 185. The Morgan fingerprint density at radius 1 is 1.25 bits per heavy atom. The maximum atomic E-state index is 11.0. The Kier molecular flexibility index (Phi) is 3.01. The number of rotatable bonds is 3. The second kappa shape index (κ2) is 3.12. The maximum absolute atomic E-state index is 11.0. The molecule has 0 heterocycles. The van der Waals surface area contributed by atoms with Gasteiger partial charge in [-0.25, -0.2) is 0 Å². The lowest BCUT2D eigenvalue weighted by molar-refractivity contribution is -0.201. The highest BCUT2D eigenvalue weighted by atomic mass is 16.4. The summed E-state index contributed by atoms with van der Waals surface area (Å²) in [5.41, 5.74) is -3.28. The molecule has 0 saturated heterocycles. The van der Waals surface area contributed by atoms with Gasteiger partial charge in [0.15, 0.2) is 17.1 Å². The first-order valence-corrected chi connectivity index (χ1v) is 3.77. The van der Waals surface area contributed by atoms with Crippen molar-refractivity contribution in [3.05, 3.63) is 0 Å². The Morgan fingerprint density at radius 2 is 1.58 bits per heavy atom. The van der Waals surface area contributed by atoms with E-state index >= 15 is 0 Å². The lowest BCUT2D eigenvalue weighted by Gasteiger charge is -2.41. The molecular formula is C8H17NO3. The number of carbonyl (C=O) groups is 1. The van der Waals surface area contributed by atoms with Gasteiger partial charge in [0.1, 0.15) is 0 Å². The van der Waals surface area contributed by atoms with Gasteiger partial charge in [0, 0.05) is 0 Å². The van der Waals surface area contributed by atoms with Crippen molar-refractivity contribution in [1.29, 1.82) is 0 Å². The Labute approximate surface area is 72.8 Å². The molecule has 0 aromatic heterocycles. The van der Waals surface area contributed by atoms with E-state index in [4.69, 9.17) is 0 Å². The van der Waals surface area contributed by atoms with Gasteiger partial charge in [-0.15, -0.1) is 0 Å². The SMILES string of the molecule is CC(=O)[C@@](C)(O)[C@@](C)(O)N(C)C. The molecule has 4 nitrogen and oxygen atoms in total. The minimum atomic E-state index is -1.74. The zero-order chi connectivity index (χ0) is 10.2. The molecule has 0 saturated carbocycles. The summed E-state index contributed by atoms with van der Waals surface area (Å²) in [6.45, 7) is 3.95. The fraction of sp³-hybridized carbons (Fsp3) is 0.875. The van der Waals surface area contributed by atoms with E-state index in [-0.39, 0.29) is 0 Å². The minimum Gasteiger partial charge on any atom is -0.378 e. The first-order valence-electron chi connectivity index (χ1n) is 3.77. The summed E-state index contributed by atoms with van der Waals surface area (Å²) in [6, 6.07) is 0. The highest BCUT2D eigenvalue weighted by Crippen LogP contribution is 2.24. The Hall–Kier alpha value is -0.450. The van der Waals surface area contributed by atoms with Gasteiger partial charge in [0.2, 0.25) is 0 Å². The molecule has 0 aromatic carbocycles. The zero-order valence-corrected chi connectivity index (χ0v) is 8.25. The summed E-state index contributed by atoms with van der Waals surface area (Å²) in [5, 5.41) is 19.4. The number of Topliss-reactive ketones (excluding diaryl/α,β-unsaturated/α-hetero) is 1. The normalized spacial score (nSPS) is 21.7. The fourth-order valence-corrected chi connectivity index (χ4v) is 0.769. The largest absolute Gasteiger partial charge is 0.378 e. The number of aliphatic hydroxyl groups is 2. The van der Waals surface area contributed by atoms with E-state index in [9.17, 15) is 15.0 Å². The molecule has 2 atom stereocenters. The van der Waals surface area contributed by atoms with Crippen LogP contribution in [0.2, 0.25) is 0 Å². The first kappa shape index (κ1) is 11.6. The van der Waals surface area contributed by atoms with Gasteiger partial charge in [-0.2, -0.15) is 0 Å². The molecule has 0 unspecified atom stereocenters. The van der Waals surface area contributed by atoms with E-state index in [1.165, 1.54) is 25.7 Å². The molecule has 0 aliphatic heterocycles. The van der Waals surface area contributed by atoms with E-state index in [1.807, 2.05) is 0 Å². The van der Waals surface area contributed by atoms with Gasteiger partial charge in [0.25, 0.3) is 0 Å². The molecule has 0 aliphatic carbocycles. The molecule has 0 amide bonds. The standard InChI is InChI=1S/C8H17NO3/c1-6(10)7(2,11)8(3,12)9(4)5/h11-12H,1-5H3/t7-,8-/m1/s1. The van der Waals surface area contributed by atoms with Crippen LogP contribution in [0.1, 0.15) is 20.8 Å². The van der Waals surface area contributed by atoms with Crippen LogP contribution in [0.15, 0.2) is 0 Å². The van der Waals surface area contributed by atoms with Crippen LogP contribution in [0.25, 0.3) is 0 Å². The van der Waals surface area contributed by atoms with Crippen molar-refractivity contribution in [1.82, 2.24) is 4.90 Å². The van der Waals surface area contributed by atoms with E-state index in [1.54, 1.807) is 14.1 Å². The third kappa shape index (κ3) is 1.65. The van der Waals surface area contributed by atoms with Crippen LogP contribution in [0.3, 0.4) is 0 Å². The van der Waals surface area contributed by atoms with Crippen molar-refractivity contribution >= 4 is 5.78 Å². The highest BCUT2D eigenvalue weighted by molar-refractivity contribution is 5.85. The zero-order valence-electron chi connectivity index (χ0n) is 8.25. The summed E-state index contributed by atoms with van der Waals surface area (Å²) >= 11 is 0. The topological polar surface area (TPSA) is 60.8 Å². The Morgan fingerprint density at radius 3 is 1.67 bits per heavy atom. The average Bonchev–Trinajstić information content (AvgIpc) is 1.86. The van der Waals surface area contributed by atoms with Crippen LogP contribution in [0.5, 0.6) is 0 Å². The first-order chi connectivity index (χ1) is 5.14. The van der Waals surface area contributed by atoms with Crippen LogP contribution in [0, 0.1) is 0 Å². The van der Waals surface area contributed by atoms with Crippen molar-refractivity contribution in [3.8, 4) is 0 Å². The molecule has 0 aromatic rings. The molecule has 0 fully saturated rings. The molecule has 0 bridgehead atoms. The summed E-state index contributed by atoms with van der Waals surface area (Å²) in [7, 11) is 3.19. The molecule has 0 aliphatic rings. The van der Waals surface area contributed by atoms with Gasteiger partial charge in [-0.1, -0.05) is 0 Å². The molecule has 4 heteroatoms. The van der Waals surface area contributed by atoms with E-state index in [0.29, 0.717) is 0 Å². The fourth-order valence-electron chi connectivity index (χ4n) is 0.769. The summed E-state index contributed by atoms with van der Waals surface area (Å²) in [5.74, 6) is -0.457. The predicted octanol–water partition coefficient (Wildman–Crippen LogP) is -0.404. The lowest BCUT2D eigenvalue weighted by Crippen LogP contribution is -2.62. The van der Waals surface area contributed by atoms with Crippen LogP contribution in [-0.2, 0) is 4.79 Å². The van der Waals surface area contributed by atoms with Gasteiger partial charge < -0.3 is 10.2 Å². The number of ketones is 1. The minimum absolute atomic E-state index is 0.457. The molecule has 0 spiro atoms. The van der Waals surface area contributed by atoms with Crippen molar-refractivity contribution in [2.24, 2.45) is 0 Å². The van der Waals surface area contributed by atoms with Gasteiger partial charge in [-0.3, -0.25) is 9.69 Å². The van der Waals surface area contributed by atoms with Crippen molar-refractivity contribution in [2.75, 3.05) is 14.1 Å². The molecule has 12 heavy (non-hydrogen) atoms. The second-order valence-electron chi connectivity index (χ2n) is 3.54. The quantitative estimate of drug-likeness (QED) is 0.573. The number of likely N-dealkylation sites (N-methyl/N-ethyl adjacent to an activating group) is 1. The molecular weight excluding hydrogens is 158 g/mol. The number of nitrogens with zero attached hydrogens (tertiary/aromatic N) is 1. The van der Waals surface area contributed by atoms with Gasteiger partial charge in [0.05, 0.1) is 0 Å². The molecule has 2 N–H and O–H groups in total. The maximum Gasteiger partial charge on any atom is 0.165 e. The lowest BCUT2D eigenvalue weighted by atomic mass is 9.89. The summed E-state index contributed by atoms with van der Waals surface area (Å²) in [4.78, 5) is 12.4. The van der Waals surface area contributed by atoms with Crippen LogP contribution < -0.4 is 0 Å². The van der Waals surface area contributed by atoms with Crippen LogP contribution >= 0.6 is 0 Å². The number of hydrogen-bond donors (Lipinski definition) is 2. The smallest absolute Gasteiger partial charge is 0.165 e. The predicted molar refractivity (Wildman–Crippen MR) is 45.6 cm³/mol. The molecule has 0 rings (SSSR count). The third-order valence-electron chi connectivity index (χ3n) is 2.48. The van der Waals surface area contributed by atoms with Gasteiger partial charge >= 0.3 is 0 Å². The number of hydrogen-bond acceptors (Lipinski definition) is 4. The van der Waals surface area contributed by atoms with E-state index < -0.39 is 17.1 Å². The molecule has 0 radical (unpaired) electrons. The van der Waals surface area contributed by atoms with Crippen molar-refractivity contribution < 1.29 is 15.0 Å². The number of carbonyl (C=O) groups excluding carboxylic acids is 1. The summed E-state index contributed by atoms with van der Waals surface area (Å²) < 4.78 is 0. The van der Waals surface area contributed by atoms with E-state index in [0.717, 1.165) is 0 Å². The monoisotopic (exact) mass is 175 g/mol. The van der Waals surface area contributed by atoms with Crippen LogP contribution in [0.4, 0.5) is 0 Å². The Balaban J connectivity index is 4.88. The van der Waals surface area contributed by atoms with Gasteiger partial charge in [-0.05, 0) is 34.9 Å². The molecule has 72 valence electrons. The van der Waals surface area contributed by atoms with Crippen molar-refractivity contribution in [2.45, 2.75) is 32.1 Å². The summed E-state index contributed by atoms with van der Waals surface area (Å²) in [6.07, 6.45) is 0. The average molecular weight is 175 g/mol.